The van der Waals surface area contributed by atoms with Crippen molar-refractivity contribution >= 4 is 11.8 Å². The Hall–Kier alpha value is -1.10. The van der Waals surface area contributed by atoms with Crippen LogP contribution in [-0.2, 0) is 9.59 Å². The highest BCUT2D eigenvalue weighted by Gasteiger charge is 2.38. The minimum atomic E-state index is -0.298. The normalized spacial score (nSPS) is 34.2. The van der Waals surface area contributed by atoms with Gasteiger partial charge in [-0.1, -0.05) is 6.92 Å². The third kappa shape index (κ3) is 2.04. The van der Waals surface area contributed by atoms with Crippen molar-refractivity contribution in [3.8, 4) is 0 Å². The summed E-state index contributed by atoms with van der Waals surface area (Å²) in [6.07, 6.45) is 2.06. The number of carbonyl (C=O) groups is 2. The Bertz CT molecular complexity index is 318. The van der Waals surface area contributed by atoms with Gasteiger partial charge in [0.2, 0.25) is 11.8 Å². The van der Waals surface area contributed by atoms with Crippen LogP contribution in [0.4, 0.5) is 0 Å². The van der Waals surface area contributed by atoms with Gasteiger partial charge in [0.05, 0.1) is 0 Å². The van der Waals surface area contributed by atoms with Crippen molar-refractivity contribution in [2.24, 2.45) is 11.1 Å². The molecule has 2 amide bonds. The summed E-state index contributed by atoms with van der Waals surface area (Å²) in [5.41, 5.74) is 5.75. The number of carbonyl (C=O) groups excluding carboxylic acids is 2. The van der Waals surface area contributed by atoms with Crippen molar-refractivity contribution in [1.29, 1.82) is 0 Å². The Morgan fingerprint density at radius 1 is 1.69 bits per heavy atom. The molecule has 2 fully saturated rings. The first-order valence-electron chi connectivity index (χ1n) is 5.82. The predicted octanol–water partition coefficient (Wildman–Crippen LogP) is -0.538. The van der Waals surface area contributed by atoms with Crippen LogP contribution < -0.4 is 11.1 Å². The highest BCUT2D eigenvalue weighted by atomic mass is 16.2. The van der Waals surface area contributed by atoms with Gasteiger partial charge < -0.3 is 16.0 Å². The minimum absolute atomic E-state index is 0.0147. The lowest BCUT2D eigenvalue weighted by molar-refractivity contribution is -0.133. The lowest BCUT2D eigenvalue weighted by Gasteiger charge is -2.24. The van der Waals surface area contributed by atoms with Gasteiger partial charge in [-0.05, 0) is 24.8 Å². The fourth-order valence-electron chi connectivity index (χ4n) is 2.40. The van der Waals surface area contributed by atoms with Crippen LogP contribution in [0.2, 0.25) is 0 Å². The molecule has 2 aliphatic heterocycles. The second-order valence-electron chi connectivity index (χ2n) is 5.18. The number of amides is 2. The molecule has 2 atom stereocenters. The molecule has 16 heavy (non-hydrogen) atoms. The van der Waals surface area contributed by atoms with Crippen LogP contribution in [0.1, 0.15) is 26.2 Å². The Kier molecular flexibility index (Phi) is 2.88. The summed E-state index contributed by atoms with van der Waals surface area (Å²) in [7, 11) is 0. The number of hydrogen-bond acceptors (Lipinski definition) is 3. The lowest BCUT2D eigenvalue weighted by atomic mass is 9.90. The first-order valence-corrected chi connectivity index (χ1v) is 5.82. The maximum absolute atomic E-state index is 12.1. The van der Waals surface area contributed by atoms with E-state index in [1.54, 1.807) is 0 Å². The van der Waals surface area contributed by atoms with Crippen molar-refractivity contribution in [2.75, 3.05) is 19.6 Å². The molecular formula is C11H19N3O2. The van der Waals surface area contributed by atoms with Gasteiger partial charge in [-0.2, -0.15) is 0 Å². The molecule has 0 aromatic rings. The third-order valence-electron chi connectivity index (χ3n) is 3.66. The van der Waals surface area contributed by atoms with Crippen molar-refractivity contribution < 1.29 is 9.59 Å². The maximum atomic E-state index is 12.1. The molecule has 5 heteroatoms. The van der Waals surface area contributed by atoms with Crippen molar-refractivity contribution in [1.82, 2.24) is 10.2 Å². The van der Waals surface area contributed by atoms with Crippen molar-refractivity contribution in [3.63, 3.8) is 0 Å². The highest BCUT2D eigenvalue weighted by Crippen LogP contribution is 2.29. The number of likely N-dealkylation sites (tertiary alicyclic amines) is 1. The van der Waals surface area contributed by atoms with E-state index in [-0.39, 0.29) is 23.3 Å². The highest BCUT2D eigenvalue weighted by molar-refractivity contribution is 5.90. The first-order chi connectivity index (χ1) is 7.54. The molecule has 2 rings (SSSR count). The van der Waals surface area contributed by atoms with Crippen LogP contribution >= 0.6 is 0 Å². The Morgan fingerprint density at radius 3 is 2.94 bits per heavy atom. The Morgan fingerprint density at radius 2 is 2.44 bits per heavy atom. The van der Waals surface area contributed by atoms with Crippen LogP contribution in [0, 0.1) is 5.41 Å². The predicted molar refractivity (Wildman–Crippen MR) is 59.5 cm³/mol. The number of nitrogens with zero attached hydrogens (tertiary/aromatic N) is 1. The van der Waals surface area contributed by atoms with Gasteiger partial charge >= 0.3 is 0 Å². The number of rotatable bonds is 2. The van der Waals surface area contributed by atoms with E-state index in [1.165, 1.54) is 0 Å². The molecular weight excluding hydrogens is 206 g/mol. The van der Waals surface area contributed by atoms with Crippen LogP contribution in [-0.4, -0.2) is 42.4 Å². The Labute approximate surface area is 95.3 Å². The summed E-state index contributed by atoms with van der Waals surface area (Å²) in [5.74, 6) is 0.0437. The molecule has 2 saturated heterocycles. The molecule has 90 valence electrons. The van der Waals surface area contributed by atoms with Crippen LogP contribution in [0.5, 0.6) is 0 Å². The number of nitrogens with two attached hydrogens (primary N) is 1. The Balaban J connectivity index is 1.94. The minimum Gasteiger partial charge on any atom is -0.344 e. The zero-order valence-corrected chi connectivity index (χ0v) is 9.66. The van der Waals surface area contributed by atoms with Gasteiger partial charge in [-0.25, -0.2) is 0 Å². The molecule has 0 aromatic heterocycles. The zero-order valence-electron chi connectivity index (χ0n) is 9.66. The quantitative estimate of drug-likeness (QED) is 0.663. The smallest absolute Gasteiger partial charge is 0.245 e. The van der Waals surface area contributed by atoms with Crippen LogP contribution in [0.25, 0.3) is 0 Å². The van der Waals surface area contributed by atoms with Gasteiger partial charge in [0, 0.05) is 19.5 Å². The second-order valence-corrected chi connectivity index (χ2v) is 5.18. The van der Waals surface area contributed by atoms with E-state index in [1.807, 2.05) is 4.90 Å². The molecule has 0 aliphatic carbocycles. The van der Waals surface area contributed by atoms with Gasteiger partial charge in [0.15, 0.2) is 0 Å². The van der Waals surface area contributed by atoms with Gasteiger partial charge in [-0.15, -0.1) is 0 Å². The van der Waals surface area contributed by atoms with E-state index in [4.69, 9.17) is 5.73 Å². The molecule has 2 aliphatic rings. The summed E-state index contributed by atoms with van der Waals surface area (Å²) >= 11 is 0. The number of nitrogens with one attached hydrogen (secondary N) is 1. The third-order valence-corrected chi connectivity index (χ3v) is 3.66. The molecule has 0 saturated carbocycles. The molecule has 5 nitrogen and oxygen atoms in total. The largest absolute Gasteiger partial charge is 0.344 e. The van der Waals surface area contributed by atoms with E-state index in [0.29, 0.717) is 25.9 Å². The van der Waals surface area contributed by atoms with E-state index in [9.17, 15) is 9.59 Å². The molecule has 0 unspecified atom stereocenters. The van der Waals surface area contributed by atoms with Gasteiger partial charge in [0.25, 0.3) is 0 Å². The SMILES string of the molecule is C[C@]1(CN)CCN(C(=O)[C@@H]2CCC(=O)N2)C1. The lowest BCUT2D eigenvalue weighted by Crippen LogP contribution is -2.44. The van der Waals surface area contributed by atoms with E-state index < -0.39 is 0 Å². The summed E-state index contributed by atoms with van der Waals surface area (Å²) in [6, 6.07) is -0.298. The monoisotopic (exact) mass is 225 g/mol. The molecule has 2 heterocycles. The fourth-order valence-corrected chi connectivity index (χ4v) is 2.40. The average Bonchev–Trinajstić information content (AvgIpc) is 2.85. The molecule has 0 spiro atoms. The summed E-state index contributed by atoms with van der Waals surface area (Å²) < 4.78 is 0. The standard InChI is InChI=1S/C11H19N3O2/c1-11(6-12)4-5-14(7-11)10(16)8-2-3-9(15)13-8/h8H,2-7,12H2,1H3,(H,13,15)/t8-,11+/m0/s1. The summed E-state index contributed by atoms with van der Waals surface area (Å²) in [5, 5.41) is 2.71. The van der Waals surface area contributed by atoms with Crippen LogP contribution in [0.3, 0.4) is 0 Å². The van der Waals surface area contributed by atoms with Crippen LogP contribution in [0.15, 0.2) is 0 Å². The van der Waals surface area contributed by atoms with Gasteiger partial charge in [0.1, 0.15) is 6.04 Å². The summed E-state index contributed by atoms with van der Waals surface area (Å²) in [6.45, 7) is 4.19. The van der Waals surface area contributed by atoms with Crippen molar-refractivity contribution in [2.45, 2.75) is 32.2 Å². The fraction of sp³-hybridized carbons (Fsp3) is 0.818. The average molecular weight is 225 g/mol. The zero-order chi connectivity index (χ0) is 11.8. The maximum Gasteiger partial charge on any atom is 0.245 e. The second kappa shape index (κ2) is 4.05. The molecule has 0 radical (unpaired) electrons. The number of hydrogen-bond donors (Lipinski definition) is 2. The van der Waals surface area contributed by atoms with Crippen molar-refractivity contribution in [3.05, 3.63) is 0 Å². The summed E-state index contributed by atoms with van der Waals surface area (Å²) in [4.78, 5) is 25.0. The topological polar surface area (TPSA) is 75.4 Å². The van der Waals surface area contributed by atoms with Gasteiger partial charge in [-0.3, -0.25) is 9.59 Å². The van der Waals surface area contributed by atoms with E-state index in [2.05, 4.69) is 12.2 Å². The van der Waals surface area contributed by atoms with E-state index >= 15 is 0 Å². The molecule has 3 N–H and O–H groups in total. The molecule has 0 aromatic carbocycles. The molecule has 0 bridgehead atoms. The van der Waals surface area contributed by atoms with E-state index in [0.717, 1.165) is 13.0 Å². The first kappa shape index (κ1) is 11.4.